The van der Waals surface area contributed by atoms with Gasteiger partial charge in [0.1, 0.15) is 11.5 Å². The summed E-state index contributed by atoms with van der Waals surface area (Å²) in [5.74, 6) is 1.26. The Morgan fingerprint density at radius 1 is 1.29 bits per heavy atom. The minimum Gasteiger partial charge on any atom is -0.495 e. The van der Waals surface area contributed by atoms with E-state index < -0.39 is 0 Å². The molecule has 0 aliphatic carbocycles. The van der Waals surface area contributed by atoms with E-state index in [0.717, 1.165) is 11.3 Å². The van der Waals surface area contributed by atoms with E-state index in [1.165, 1.54) is 5.54 Å². The maximum Gasteiger partial charge on any atom is 0.143 e. The van der Waals surface area contributed by atoms with E-state index in [9.17, 15) is 0 Å². The number of rotatable bonds is 5. The molecule has 0 atom stereocenters. The minimum atomic E-state index is 0.513. The normalized spacial score (nSPS) is 11.2. The standard InChI is InChI=1S/C12H15Cl2NO2/c1-8(6-13)7-15-10-5-11(16-2)9(14)4-12(10)17-3/h4-6,15H,7H2,1-3H3/b8-6+. The first-order valence-electron chi connectivity index (χ1n) is 5.03. The molecule has 1 rings (SSSR count). The van der Waals surface area contributed by atoms with Crippen molar-refractivity contribution in [3.05, 3.63) is 28.3 Å². The SMILES string of the molecule is COc1cc(NC/C(C)=C/Cl)c(OC)cc1Cl. The average molecular weight is 276 g/mol. The van der Waals surface area contributed by atoms with Crippen LogP contribution in [0.5, 0.6) is 11.5 Å². The maximum atomic E-state index is 6.00. The summed E-state index contributed by atoms with van der Waals surface area (Å²) in [5, 5.41) is 3.71. The molecule has 5 heteroatoms. The Morgan fingerprint density at radius 2 is 1.94 bits per heavy atom. The predicted octanol–water partition coefficient (Wildman–Crippen LogP) is 3.91. The summed E-state index contributed by atoms with van der Waals surface area (Å²) >= 11 is 11.6. The topological polar surface area (TPSA) is 30.5 Å². The number of ether oxygens (including phenoxy) is 2. The smallest absolute Gasteiger partial charge is 0.143 e. The van der Waals surface area contributed by atoms with Gasteiger partial charge in [0.15, 0.2) is 0 Å². The van der Waals surface area contributed by atoms with Crippen LogP contribution in [0.15, 0.2) is 23.2 Å². The van der Waals surface area contributed by atoms with Gasteiger partial charge in [0.2, 0.25) is 0 Å². The van der Waals surface area contributed by atoms with Gasteiger partial charge in [0.05, 0.1) is 24.9 Å². The van der Waals surface area contributed by atoms with E-state index in [1.54, 1.807) is 26.4 Å². The van der Waals surface area contributed by atoms with Gasteiger partial charge in [-0.3, -0.25) is 0 Å². The number of hydrogen-bond acceptors (Lipinski definition) is 3. The fraction of sp³-hybridized carbons (Fsp3) is 0.333. The van der Waals surface area contributed by atoms with Crippen LogP contribution in [0, 0.1) is 0 Å². The molecule has 17 heavy (non-hydrogen) atoms. The number of halogens is 2. The van der Waals surface area contributed by atoms with Crippen LogP contribution in [0.2, 0.25) is 5.02 Å². The summed E-state index contributed by atoms with van der Waals surface area (Å²) in [7, 11) is 3.16. The fourth-order valence-corrected chi connectivity index (χ4v) is 1.58. The highest BCUT2D eigenvalue weighted by molar-refractivity contribution is 6.32. The number of benzene rings is 1. The molecule has 0 radical (unpaired) electrons. The number of anilines is 1. The molecular weight excluding hydrogens is 261 g/mol. The van der Waals surface area contributed by atoms with Crippen LogP contribution in [-0.2, 0) is 0 Å². The van der Waals surface area contributed by atoms with Crippen LogP contribution in [0.25, 0.3) is 0 Å². The van der Waals surface area contributed by atoms with E-state index in [0.29, 0.717) is 23.1 Å². The van der Waals surface area contributed by atoms with Gasteiger partial charge < -0.3 is 14.8 Å². The van der Waals surface area contributed by atoms with Gasteiger partial charge in [-0.1, -0.05) is 23.2 Å². The fourth-order valence-electron chi connectivity index (χ4n) is 1.27. The first-order valence-corrected chi connectivity index (χ1v) is 5.85. The van der Waals surface area contributed by atoms with Crippen LogP contribution in [0.1, 0.15) is 6.92 Å². The summed E-state index contributed by atoms with van der Waals surface area (Å²) in [5.41, 5.74) is 3.36. The summed E-state index contributed by atoms with van der Waals surface area (Å²) in [6.07, 6.45) is 0. The maximum absolute atomic E-state index is 6.00. The molecule has 0 bridgehead atoms. The second-order valence-electron chi connectivity index (χ2n) is 3.50. The third kappa shape index (κ3) is 3.72. The number of nitrogens with one attached hydrogen (secondary N) is 1. The third-order valence-electron chi connectivity index (χ3n) is 2.22. The molecular formula is C12H15Cl2NO2. The highest BCUT2D eigenvalue weighted by Crippen LogP contribution is 2.35. The lowest BCUT2D eigenvalue weighted by molar-refractivity contribution is 0.405. The molecule has 0 aliphatic rings. The first-order chi connectivity index (χ1) is 8.12. The van der Waals surface area contributed by atoms with Crippen LogP contribution in [-0.4, -0.2) is 20.8 Å². The Balaban J connectivity index is 2.96. The molecule has 0 saturated carbocycles. The molecule has 1 N–H and O–H groups in total. The van der Waals surface area contributed by atoms with Crippen molar-refractivity contribution < 1.29 is 9.47 Å². The van der Waals surface area contributed by atoms with Gasteiger partial charge in [-0.2, -0.15) is 0 Å². The molecule has 3 nitrogen and oxygen atoms in total. The Bertz CT molecular complexity index is 419. The molecule has 0 aliphatic heterocycles. The lowest BCUT2D eigenvalue weighted by Crippen LogP contribution is -2.04. The highest BCUT2D eigenvalue weighted by Gasteiger charge is 2.09. The summed E-state index contributed by atoms with van der Waals surface area (Å²) < 4.78 is 10.4. The van der Waals surface area contributed by atoms with Gasteiger partial charge in [-0.25, -0.2) is 0 Å². The molecule has 1 aromatic carbocycles. The molecule has 0 saturated heterocycles. The third-order valence-corrected chi connectivity index (χ3v) is 2.89. The van der Waals surface area contributed by atoms with Gasteiger partial charge in [0, 0.05) is 24.2 Å². The molecule has 0 spiro atoms. The molecule has 94 valence electrons. The van der Waals surface area contributed by atoms with E-state index in [4.69, 9.17) is 32.7 Å². The zero-order valence-electron chi connectivity index (χ0n) is 10.0. The molecule has 0 heterocycles. The van der Waals surface area contributed by atoms with Crippen molar-refractivity contribution in [1.82, 2.24) is 0 Å². The van der Waals surface area contributed by atoms with Crippen molar-refractivity contribution >= 4 is 28.9 Å². The second kappa shape index (κ2) is 6.62. The van der Waals surface area contributed by atoms with E-state index in [1.807, 2.05) is 6.92 Å². The van der Waals surface area contributed by atoms with Crippen molar-refractivity contribution in [3.63, 3.8) is 0 Å². The Hall–Kier alpha value is -1.06. The van der Waals surface area contributed by atoms with E-state index in [2.05, 4.69) is 5.32 Å². The Kier molecular flexibility index (Phi) is 5.45. The Labute approximate surface area is 111 Å². The monoisotopic (exact) mass is 275 g/mol. The quantitative estimate of drug-likeness (QED) is 0.884. The lowest BCUT2D eigenvalue weighted by atomic mass is 10.2. The zero-order valence-corrected chi connectivity index (χ0v) is 11.5. The van der Waals surface area contributed by atoms with Gasteiger partial charge >= 0.3 is 0 Å². The van der Waals surface area contributed by atoms with Crippen molar-refractivity contribution in [2.24, 2.45) is 0 Å². The predicted molar refractivity (Wildman–Crippen MR) is 72.7 cm³/mol. The number of methoxy groups -OCH3 is 2. The van der Waals surface area contributed by atoms with Crippen molar-refractivity contribution in [2.45, 2.75) is 6.92 Å². The average Bonchev–Trinajstić information content (AvgIpc) is 2.36. The van der Waals surface area contributed by atoms with Crippen LogP contribution in [0.3, 0.4) is 0 Å². The molecule has 0 unspecified atom stereocenters. The molecule has 0 fully saturated rings. The van der Waals surface area contributed by atoms with E-state index >= 15 is 0 Å². The Morgan fingerprint density at radius 3 is 2.47 bits per heavy atom. The van der Waals surface area contributed by atoms with Crippen LogP contribution >= 0.6 is 23.2 Å². The van der Waals surface area contributed by atoms with E-state index in [-0.39, 0.29) is 0 Å². The van der Waals surface area contributed by atoms with Crippen LogP contribution < -0.4 is 14.8 Å². The highest BCUT2D eigenvalue weighted by atomic mass is 35.5. The van der Waals surface area contributed by atoms with Crippen molar-refractivity contribution in [3.8, 4) is 11.5 Å². The summed E-state index contributed by atoms with van der Waals surface area (Å²) in [6, 6.07) is 3.51. The largest absolute Gasteiger partial charge is 0.495 e. The van der Waals surface area contributed by atoms with Gasteiger partial charge in [0.25, 0.3) is 0 Å². The molecule has 0 amide bonds. The number of hydrogen-bond donors (Lipinski definition) is 1. The van der Waals surface area contributed by atoms with Crippen LogP contribution in [0.4, 0.5) is 5.69 Å². The van der Waals surface area contributed by atoms with Crippen molar-refractivity contribution in [2.75, 3.05) is 26.1 Å². The first kappa shape index (κ1) is 14.0. The zero-order chi connectivity index (χ0) is 12.8. The molecule has 0 aromatic heterocycles. The van der Waals surface area contributed by atoms with Gasteiger partial charge in [-0.05, 0) is 12.5 Å². The second-order valence-corrected chi connectivity index (χ2v) is 4.12. The van der Waals surface area contributed by atoms with Gasteiger partial charge in [-0.15, -0.1) is 0 Å². The summed E-state index contributed by atoms with van der Waals surface area (Å²) in [6.45, 7) is 2.56. The summed E-state index contributed by atoms with van der Waals surface area (Å²) in [4.78, 5) is 0. The minimum absolute atomic E-state index is 0.513. The van der Waals surface area contributed by atoms with Crippen molar-refractivity contribution in [1.29, 1.82) is 0 Å². The molecule has 1 aromatic rings. The lowest BCUT2D eigenvalue weighted by Gasteiger charge is -2.13.